The molecule has 166 valence electrons. The first kappa shape index (κ1) is 22.8. The van der Waals surface area contributed by atoms with E-state index in [9.17, 15) is 18.0 Å². The summed E-state index contributed by atoms with van der Waals surface area (Å²) < 4.78 is 37.6. The standard InChI is InChI=1S/C22H26N2O6S/c1-16(30-22(26)19-11-4-5-12-20(19)29-2)21(25)23-17-9-8-10-18(15-17)31(27,28)24-13-6-3-7-14-24/h4-5,8-12,15-16H,3,6-7,13-14H2,1-2H3,(H,23,25). The van der Waals surface area contributed by atoms with Crippen molar-refractivity contribution in [2.45, 2.75) is 37.2 Å². The molecule has 1 N–H and O–H groups in total. The van der Waals surface area contributed by atoms with Gasteiger partial charge < -0.3 is 14.8 Å². The SMILES string of the molecule is COc1ccccc1C(=O)OC(C)C(=O)Nc1cccc(S(=O)(=O)N2CCCCC2)c1. The monoisotopic (exact) mass is 446 g/mol. The Balaban J connectivity index is 1.67. The van der Waals surface area contributed by atoms with Crippen LogP contribution in [-0.4, -0.2) is 50.9 Å². The average Bonchev–Trinajstić information content (AvgIpc) is 2.79. The van der Waals surface area contributed by atoms with Crippen molar-refractivity contribution in [3.8, 4) is 5.75 Å². The summed E-state index contributed by atoms with van der Waals surface area (Å²) in [6, 6.07) is 12.6. The fourth-order valence-corrected chi connectivity index (χ4v) is 4.89. The van der Waals surface area contributed by atoms with E-state index in [0.29, 0.717) is 24.5 Å². The zero-order chi connectivity index (χ0) is 22.4. The van der Waals surface area contributed by atoms with Crippen molar-refractivity contribution in [3.05, 3.63) is 54.1 Å². The number of hydrogen-bond donors (Lipinski definition) is 1. The smallest absolute Gasteiger partial charge is 0.342 e. The summed E-state index contributed by atoms with van der Waals surface area (Å²) in [5.74, 6) is -0.923. The van der Waals surface area contributed by atoms with Gasteiger partial charge in [0.05, 0.1) is 12.0 Å². The van der Waals surface area contributed by atoms with Crippen molar-refractivity contribution in [3.63, 3.8) is 0 Å². The average molecular weight is 447 g/mol. The number of para-hydroxylation sites is 1. The van der Waals surface area contributed by atoms with Crippen molar-refractivity contribution in [1.29, 1.82) is 0 Å². The van der Waals surface area contributed by atoms with Crippen LogP contribution in [0.2, 0.25) is 0 Å². The van der Waals surface area contributed by atoms with E-state index >= 15 is 0 Å². The second-order valence-electron chi connectivity index (χ2n) is 7.23. The molecule has 1 atom stereocenters. The van der Waals surface area contributed by atoms with Gasteiger partial charge in [-0.05, 0) is 50.1 Å². The molecule has 9 heteroatoms. The molecule has 0 aliphatic carbocycles. The van der Waals surface area contributed by atoms with Crippen LogP contribution in [0.1, 0.15) is 36.5 Å². The van der Waals surface area contributed by atoms with Gasteiger partial charge in [0.1, 0.15) is 11.3 Å². The van der Waals surface area contributed by atoms with Gasteiger partial charge in [-0.25, -0.2) is 13.2 Å². The molecule has 1 heterocycles. The summed E-state index contributed by atoms with van der Waals surface area (Å²) in [7, 11) is -2.18. The molecule has 31 heavy (non-hydrogen) atoms. The van der Waals surface area contributed by atoms with Crippen LogP contribution in [-0.2, 0) is 19.6 Å². The molecule has 0 aromatic heterocycles. The number of esters is 1. The molecule has 0 spiro atoms. The van der Waals surface area contributed by atoms with Crippen LogP contribution in [0.25, 0.3) is 0 Å². The van der Waals surface area contributed by atoms with Gasteiger partial charge in [0.25, 0.3) is 5.91 Å². The second-order valence-corrected chi connectivity index (χ2v) is 9.17. The maximum Gasteiger partial charge on any atom is 0.342 e. The minimum atomic E-state index is -3.62. The van der Waals surface area contributed by atoms with Crippen LogP contribution in [0.3, 0.4) is 0 Å². The molecule has 2 aromatic rings. The number of amides is 1. The Bertz CT molecular complexity index is 1050. The third-order valence-corrected chi connectivity index (χ3v) is 6.93. The summed E-state index contributed by atoms with van der Waals surface area (Å²) in [6.45, 7) is 2.43. The van der Waals surface area contributed by atoms with Crippen molar-refractivity contribution in [2.75, 3.05) is 25.5 Å². The van der Waals surface area contributed by atoms with Crippen molar-refractivity contribution >= 4 is 27.6 Å². The van der Waals surface area contributed by atoms with Gasteiger partial charge in [0, 0.05) is 18.8 Å². The Morgan fingerprint density at radius 3 is 2.45 bits per heavy atom. The number of nitrogens with one attached hydrogen (secondary N) is 1. The van der Waals surface area contributed by atoms with Crippen LogP contribution < -0.4 is 10.1 Å². The molecule has 0 saturated carbocycles. The molecule has 8 nitrogen and oxygen atoms in total. The summed E-state index contributed by atoms with van der Waals surface area (Å²) in [6.07, 6.45) is 1.60. The lowest BCUT2D eigenvalue weighted by atomic mass is 10.2. The number of carbonyl (C=O) groups is 2. The van der Waals surface area contributed by atoms with Gasteiger partial charge in [0.2, 0.25) is 10.0 Å². The Kier molecular flexibility index (Phi) is 7.29. The van der Waals surface area contributed by atoms with Gasteiger partial charge in [-0.2, -0.15) is 4.31 Å². The fraction of sp³-hybridized carbons (Fsp3) is 0.364. The van der Waals surface area contributed by atoms with E-state index in [1.54, 1.807) is 36.4 Å². The van der Waals surface area contributed by atoms with Gasteiger partial charge >= 0.3 is 5.97 Å². The molecule has 2 aromatic carbocycles. The molecule has 1 aliphatic heterocycles. The molecule has 1 aliphatic rings. The van der Waals surface area contributed by atoms with Crippen LogP contribution in [0, 0.1) is 0 Å². The summed E-state index contributed by atoms with van der Waals surface area (Å²) in [4.78, 5) is 25.0. The number of hydrogen-bond acceptors (Lipinski definition) is 6. The predicted molar refractivity (Wildman–Crippen MR) is 116 cm³/mol. The Morgan fingerprint density at radius 2 is 1.74 bits per heavy atom. The fourth-order valence-electron chi connectivity index (χ4n) is 3.32. The summed E-state index contributed by atoms with van der Waals surface area (Å²) in [5.41, 5.74) is 0.516. The third kappa shape index (κ3) is 5.42. The number of benzene rings is 2. The number of nitrogens with zero attached hydrogens (tertiary/aromatic N) is 1. The minimum Gasteiger partial charge on any atom is -0.496 e. The molecule has 1 unspecified atom stereocenters. The van der Waals surface area contributed by atoms with E-state index in [0.717, 1.165) is 19.3 Å². The maximum absolute atomic E-state index is 12.9. The molecule has 1 amide bonds. The molecular formula is C22H26N2O6S. The molecular weight excluding hydrogens is 420 g/mol. The second kappa shape index (κ2) is 9.93. The van der Waals surface area contributed by atoms with Crippen molar-refractivity contribution in [2.24, 2.45) is 0 Å². The zero-order valence-corrected chi connectivity index (χ0v) is 18.4. The molecule has 1 fully saturated rings. The van der Waals surface area contributed by atoms with Crippen LogP contribution in [0.4, 0.5) is 5.69 Å². The van der Waals surface area contributed by atoms with E-state index in [2.05, 4.69) is 5.32 Å². The number of anilines is 1. The van der Waals surface area contributed by atoms with Crippen molar-refractivity contribution in [1.82, 2.24) is 4.31 Å². The van der Waals surface area contributed by atoms with E-state index in [1.165, 1.54) is 30.5 Å². The number of sulfonamides is 1. The number of ether oxygens (including phenoxy) is 2. The first-order valence-corrected chi connectivity index (χ1v) is 11.5. The lowest BCUT2D eigenvalue weighted by Crippen LogP contribution is -2.35. The third-order valence-electron chi connectivity index (χ3n) is 5.03. The van der Waals surface area contributed by atoms with Gasteiger partial charge in [-0.1, -0.05) is 24.6 Å². The highest BCUT2D eigenvalue weighted by Crippen LogP contribution is 2.23. The maximum atomic E-state index is 12.9. The highest BCUT2D eigenvalue weighted by molar-refractivity contribution is 7.89. The predicted octanol–water partition coefficient (Wildman–Crippen LogP) is 3.05. The zero-order valence-electron chi connectivity index (χ0n) is 17.5. The number of rotatable bonds is 7. The highest BCUT2D eigenvalue weighted by atomic mass is 32.2. The number of piperidine rings is 1. The van der Waals surface area contributed by atoms with E-state index < -0.39 is 28.0 Å². The highest BCUT2D eigenvalue weighted by Gasteiger charge is 2.26. The minimum absolute atomic E-state index is 0.117. The molecule has 3 rings (SSSR count). The first-order valence-electron chi connectivity index (χ1n) is 10.1. The van der Waals surface area contributed by atoms with Gasteiger partial charge in [-0.15, -0.1) is 0 Å². The Labute approximate surface area is 182 Å². The first-order chi connectivity index (χ1) is 14.8. The van der Waals surface area contributed by atoms with E-state index in [4.69, 9.17) is 9.47 Å². The lowest BCUT2D eigenvalue weighted by molar-refractivity contribution is -0.123. The van der Waals surface area contributed by atoms with Gasteiger partial charge in [0.15, 0.2) is 6.10 Å². The topological polar surface area (TPSA) is 102 Å². The normalized spacial score (nSPS) is 15.7. The number of methoxy groups -OCH3 is 1. The van der Waals surface area contributed by atoms with Crippen molar-refractivity contribution < 1.29 is 27.5 Å². The summed E-state index contributed by atoms with van der Waals surface area (Å²) >= 11 is 0. The van der Waals surface area contributed by atoms with Crippen LogP contribution in [0.15, 0.2) is 53.4 Å². The Morgan fingerprint density at radius 1 is 1.03 bits per heavy atom. The van der Waals surface area contributed by atoms with E-state index in [1.807, 2.05) is 0 Å². The van der Waals surface area contributed by atoms with Gasteiger partial charge in [-0.3, -0.25) is 4.79 Å². The molecule has 0 bridgehead atoms. The summed E-state index contributed by atoms with van der Waals surface area (Å²) in [5, 5.41) is 2.61. The molecule has 0 radical (unpaired) electrons. The lowest BCUT2D eigenvalue weighted by Gasteiger charge is -2.26. The quantitative estimate of drug-likeness (QED) is 0.656. The van der Waals surface area contributed by atoms with Crippen LogP contribution >= 0.6 is 0 Å². The molecule has 1 saturated heterocycles. The van der Waals surface area contributed by atoms with E-state index in [-0.39, 0.29) is 10.5 Å². The van der Waals surface area contributed by atoms with Crippen LogP contribution in [0.5, 0.6) is 5.75 Å². The Hall–Kier alpha value is -2.91. The largest absolute Gasteiger partial charge is 0.496 e. The number of carbonyl (C=O) groups excluding carboxylic acids is 2.